The van der Waals surface area contributed by atoms with Crippen LogP contribution >= 0.6 is 0 Å². The van der Waals surface area contributed by atoms with Crippen molar-refractivity contribution < 1.29 is 4.79 Å². The minimum Gasteiger partial charge on any atom is -0.341 e. The lowest BCUT2D eigenvalue weighted by atomic mass is 9.85. The summed E-state index contributed by atoms with van der Waals surface area (Å²) in [4.78, 5) is 14.0. The smallest absolute Gasteiger partial charge is 0.222 e. The molecule has 19 heavy (non-hydrogen) atoms. The van der Waals surface area contributed by atoms with E-state index in [0.29, 0.717) is 24.8 Å². The molecule has 2 unspecified atom stereocenters. The molecule has 1 fully saturated rings. The quantitative estimate of drug-likeness (QED) is 0.845. The minimum atomic E-state index is 0.222. The Morgan fingerprint density at radius 3 is 3.11 bits per heavy atom. The maximum atomic E-state index is 12.2. The van der Waals surface area contributed by atoms with Gasteiger partial charge in [0.1, 0.15) is 0 Å². The van der Waals surface area contributed by atoms with E-state index in [2.05, 4.69) is 22.4 Å². The van der Waals surface area contributed by atoms with Gasteiger partial charge >= 0.3 is 0 Å². The lowest BCUT2D eigenvalue weighted by Gasteiger charge is -2.29. The average Bonchev–Trinajstić information content (AvgIpc) is 2.92. The molecule has 0 spiro atoms. The molecule has 1 aliphatic rings. The van der Waals surface area contributed by atoms with Crippen molar-refractivity contribution in [1.82, 2.24) is 20.4 Å². The Bertz CT molecular complexity index is 384. The lowest BCUT2D eigenvalue weighted by Crippen LogP contribution is -2.36. The maximum absolute atomic E-state index is 12.2. The van der Waals surface area contributed by atoms with Gasteiger partial charge < -0.3 is 10.2 Å². The Morgan fingerprint density at radius 2 is 2.47 bits per heavy atom. The van der Waals surface area contributed by atoms with Gasteiger partial charge in [0, 0.05) is 31.8 Å². The molecule has 1 aromatic rings. The van der Waals surface area contributed by atoms with Crippen molar-refractivity contribution in [2.45, 2.75) is 32.7 Å². The molecule has 0 aliphatic carbocycles. The molecule has 0 bridgehead atoms. The van der Waals surface area contributed by atoms with Crippen LogP contribution in [0.2, 0.25) is 0 Å². The third kappa shape index (κ3) is 4.06. The molecule has 0 saturated carbocycles. The first-order valence-corrected chi connectivity index (χ1v) is 7.09. The van der Waals surface area contributed by atoms with Crippen LogP contribution in [0, 0.1) is 11.8 Å². The number of H-pyrrole nitrogens is 1. The molecule has 5 nitrogen and oxygen atoms in total. The third-order valence-electron chi connectivity index (χ3n) is 4.04. The number of nitrogens with zero attached hydrogens (tertiary/aromatic N) is 2. The molecule has 2 heterocycles. The topological polar surface area (TPSA) is 61.0 Å². The van der Waals surface area contributed by atoms with E-state index in [-0.39, 0.29) is 5.91 Å². The Kier molecular flexibility index (Phi) is 4.96. The monoisotopic (exact) mass is 264 g/mol. The number of aromatic amines is 1. The number of hydrogen-bond acceptors (Lipinski definition) is 3. The van der Waals surface area contributed by atoms with Crippen LogP contribution in [0.3, 0.4) is 0 Å². The molecule has 0 aromatic carbocycles. The highest BCUT2D eigenvalue weighted by atomic mass is 16.2. The van der Waals surface area contributed by atoms with Crippen molar-refractivity contribution in [3.63, 3.8) is 0 Å². The average molecular weight is 264 g/mol. The van der Waals surface area contributed by atoms with Crippen LogP contribution in [-0.2, 0) is 11.3 Å². The summed E-state index contributed by atoms with van der Waals surface area (Å²) in [5, 5.41) is 10.1. The van der Waals surface area contributed by atoms with E-state index in [1.165, 1.54) is 12.8 Å². The fraction of sp³-hybridized carbons (Fsp3) is 0.714. The summed E-state index contributed by atoms with van der Waals surface area (Å²) >= 11 is 0. The van der Waals surface area contributed by atoms with E-state index < -0.39 is 0 Å². The van der Waals surface area contributed by atoms with Gasteiger partial charge in [-0.2, -0.15) is 5.10 Å². The first-order valence-electron chi connectivity index (χ1n) is 7.09. The maximum Gasteiger partial charge on any atom is 0.222 e. The third-order valence-corrected chi connectivity index (χ3v) is 4.04. The molecule has 1 aliphatic heterocycles. The van der Waals surface area contributed by atoms with Crippen molar-refractivity contribution in [3.05, 3.63) is 18.0 Å². The molecular weight excluding hydrogens is 240 g/mol. The lowest BCUT2D eigenvalue weighted by molar-refractivity contribution is -0.131. The summed E-state index contributed by atoms with van der Waals surface area (Å²) in [6.07, 6.45) is 6.71. The number of hydrogen-bond donors (Lipinski definition) is 2. The van der Waals surface area contributed by atoms with Crippen molar-refractivity contribution >= 4 is 5.91 Å². The number of aromatic nitrogens is 2. The van der Waals surface area contributed by atoms with Crippen LogP contribution < -0.4 is 5.32 Å². The Morgan fingerprint density at radius 1 is 1.63 bits per heavy atom. The molecule has 106 valence electrons. The molecule has 1 saturated heterocycles. The number of carbonyl (C=O) groups is 1. The van der Waals surface area contributed by atoms with E-state index in [1.807, 2.05) is 13.2 Å². The number of amides is 1. The van der Waals surface area contributed by atoms with Crippen LogP contribution in [0.15, 0.2) is 12.4 Å². The van der Waals surface area contributed by atoms with E-state index in [1.54, 1.807) is 11.1 Å². The predicted molar refractivity (Wildman–Crippen MR) is 74.4 cm³/mol. The largest absolute Gasteiger partial charge is 0.341 e. The van der Waals surface area contributed by atoms with Crippen molar-refractivity contribution in [2.24, 2.45) is 11.8 Å². The zero-order chi connectivity index (χ0) is 13.7. The Hall–Kier alpha value is -1.36. The van der Waals surface area contributed by atoms with E-state index in [4.69, 9.17) is 0 Å². The summed E-state index contributed by atoms with van der Waals surface area (Å²) in [7, 11) is 1.86. The first-order chi connectivity index (χ1) is 9.16. The SMILES string of the molecule is CC(CC(=O)N(C)Cc1cn[nH]c1)C1CCCNC1. The number of carbonyl (C=O) groups excluding carboxylic acids is 1. The van der Waals surface area contributed by atoms with Crippen LogP contribution in [-0.4, -0.2) is 41.1 Å². The molecule has 1 amide bonds. The molecule has 2 atom stereocenters. The summed E-state index contributed by atoms with van der Waals surface area (Å²) < 4.78 is 0. The van der Waals surface area contributed by atoms with Crippen molar-refractivity contribution in [1.29, 1.82) is 0 Å². The van der Waals surface area contributed by atoms with Gasteiger partial charge in [0.05, 0.1) is 6.20 Å². The standard InChI is InChI=1S/C14H24N4O/c1-11(13-4-3-5-15-9-13)6-14(19)18(2)10-12-7-16-17-8-12/h7-8,11,13,15H,3-6,9-10H2,1-2H3,(H,16,17). The zero-order valence-electron chi connectivity index (χ0n) is 11.9. The van der Waals surface area contributed by atoms with Gasteiger partial charge in [-0.3, -0.25) is 9.89 Å². The predicted octanol–water partition coefficient (Wildman–Crippen LogP) is 1.39. The molecule has 1 aromatic heterocycles. The second-order valence-electron chi connectivity index (χ2n) is 5.64. The van der Waals surface area contributed by atoms with Crippen molar-refractivity contribution in [3.8, 4) is 0 Å². The van der Waals surface area contributed by atoms with Crippen LogP contribution in [0.1, 0.15) is 31.7 Å². The highest BCUT2D eigenvalue weighted by Crippen LogP contribution is 2.23. The summed E-state index contributed by atoms with van der Waals surface area (Å²) in [6.45, 7) is 5.00. The van der Waals surface area contributed by atoms with Gasteiger partial charge in [0.15, 0.2) is 0 Å². The number of rotatable bonds is 5. The summed E-state index contributed by atoms with van der Waals surface area (Å²) in [5.41, 5.74) is 1.04. The highest BCUT2D eigenvalue weighted by Gasteiger charge is 2.23. The van der Waals surface area contributed by atoms with E-state index in [9.17, 15) is 4.79 Å². The second kappa shape index (κ2) is 6.70. The minimum absolute atomic E-state index is 0.222. The highest BCUT2D eigenvalue weighted by molar-refractivity contribution is 5.76. The van der Waals surface area contributed by atoms with Gasteiger partial charge in [0.25, 0.3) is 0 Å². The second-order valence-corrected chi connectivity index (χ2v) is 5.64. The van der Waals surface area contributed by atoms with Crippen LogP contribution in [0.25, 0.3) is 0 Å². The van der Waals surface area contributed by atoms with Crippen LogP contribution in [0.4, 0.5) is 0 Å². The molecule has 2 N–H and O–H groups in total. The van der Waals surface area contributed by atoms with Gasteiger partial charge in [-0.05, 0) is 37.8 Å². The van der Waals surface area contributed by atoms with E-state index in [0.717, 1.165) is 18.7 Å². The fourth-order valence-corrected chi connectivity index (χ4v) is 2.69. The van der Waals surface area contributed by atoms with Gasteiger partial charge in [0.2, 0.25) is 5.91 Å². The molecule has 0 radical (unpaired) electrons. The molecule has 2 rings (SSSR count). The first kappa shape index (κ1) is 14.1. The Labute approximate surface area is 114 Å². The molecular formula is C14H24N4O. The Balaban J connectivity index is 1.79. The van der Waals surface area contributed by atoms with Gasteiger partial charge in [-0.15, -0.1) is 0 Å². The van der Waals surface area contributed by atoms with Gasteiger partial charge in [-0.25, -0.2) is 0 Å². The molecule has 5 heteroatoms. The summed E-state index contributed by atoms with van der Waals surface area (Å²) in [5.74, 6) is 1.31. The fourth-order valence-electron chi connectivity index (χ4n) is 2.69. The van der Waals surface area contributed by atoms with Crippen LogP contribution in [0.5, 0.6) is 0 Å². The van der Waals surface area contributed by atoms with E-state index >= 15 is 0 Å². The van der Waals surface area contributed by atoms with Gasteiger partial charge in [-0.1, -0.05) is 6.92 Å². The normalized spacial score (nSPS) is 21.1. The summed E-state index contributed by atoms with van der Waals surface area (Å²) in [6, 6.07) is 0. The van der Waals surface area contributed by atoms with Crippen molar-refractivity contribution in [2.75, 3.05) is 20.1 Å². The number of nitrogens with one attached hydrogen (secondary N) is 2. The zero-order valence-corrected chi connectivity index (χ0v) is 11.9. The number of piperidine rings is 1.